The van der Waals surface area contributed by atoms with Crippen molar-refractivity contribution >= 4 is 155 Å². The van der Waals surface area contributed by atoms with Crippen molar-refractivity contribution in [1.29, 1.82) is 0 Å². The van der Waals surface area contributed by atoms with Crippen LogP contribution >= 0.6 is 38.6 Å². The number of anilines is 3. The van der Waals surface area contributed by atoms with Gasteiger partial charge in [-0.1, -0.05) is 6.92 Å². The topological polar surface area (TPSA) is 529 Å². The number of nitrogen functional groups attached to an aromatic ring is 3. The molecule has 4 saturated heterocycles. The molecule has 3 amide bonds. The van der Waals surface area contributed by atoms with Crippen molar-refractivity contribution in [3.05, 3.63) is 38.0 Å². The maximum absolute atomic E-state index is 12.8. The quantitative estimate of drug-likeness (QED) is 0.0192. The first-order valence-electron chi connectivity index (χ1n) is 29.0. The molecule has 0 radical (unpaired) electrons. The average Bonchev–Trinajstić information content (AvgIpc) is 1.63. The van der Waals surface area contributed by atoms with Gasteiger partial charge in [-0.25, -0.2) is 44.9 Å². The number of aromatic nitrogens is 12. The number of likely N-dealkylation sites (tertiary alicyclic amines) is 1. The van der Waals surface area contributed by atoms with Gasteiger partial charge in [-0.2, -0.15) is 11.8 Å². The van der Waals surface area contributed by atoms with Crippen molar-refractivity contribution in [1.82, 2.24) is 68.8 Å². The van der Waals surface area contributed by atoms with E-state index in [0.717, 1.165) is 26.3 Å². The minimum Gasteiger partial charge on any atom is -0.387 e. The maximum atomic E-state index is 12.8. The fourth-order valence-electron chi connectivity index (χ4n) is 11.4. The summed E-state index contributed by atoms with van der Waals surface area (Å²) in [6, 6.07) is 0. The molecule has 0 bridgehead atoms. The lowest BCUT2D eigenvalue weighted by Gasteiger charge is -2.30. The Hall–Kier alpha value is -4.11. The first-order valence-corrected chi connectivity index (χ1v) is 40.7. The average molecular weight is 1500 g/mol. The first-order chi connectivity index (χ1) is 45.0. The number of aliphatic hydroxyl groups excluding tert-OH is 3. The van der Waals surface area contributed by atoms with E-state index < -0.39 is 114 Å². The van der Waals surface area contributed by atoms with Crippen molar-refractivity contribution in [3.63, 3.8) is 0 Å². The summed E-state index contributed by atoms with van der Waals surface area (Å²) in [7, 11) is 1.13. The van der Waals surface area contributed by atoms with E-state index in [1.807, 2.05) is 13.2 Å². The third kappa shape index (κ3) is 17.0. The number of imide groups is 1. The van der Waals surface area contributed by atoms with Crippen molar-refractivity contribution in [2.24, 2.45) is 11.8 Å². The van der Waals surface area contributed by atoms with Crippen LogP contribution in [0.1, 0.15) is 70.6 Å². The Balaban J connectivity index is 0.000000208. The SMILES string of the molecule is CC[C@H]1O[C@@H](n2cnc3c(N)ncnc32)C(OP(O)(=S)OCCCNC(=O)C2CCC(CN3C(=O)CC(SC)C3=O)CC2)[C@H]1O.COP(O)(=S)OC1[C@@H](O)[C@@H](COP(O)(=S)OC2[C@@H](O)[C@@H](COP(O)(O)=S)O[C@H]2n2cnc3c(N)ncnc32)O[C@H]1n1cnc2c(N)ncnc21. The number of fused-ring (bicyclic) bond motifs is 3. The van der Waals surface area contributed by atoms with Crippen LogP contribution in [0.3, 0.4) is 0 Å². The fraction of sp³-hybridized carbons (Fsp3) is 0.625. The number of aliphatic hydroxyl groups is 3. The van der Waals surface area contributed by atoms with Gasteiger partial charge in [0.05, 0.1) is 50.2 Å². The molecule has 0 aromatic carbocycles. The van der Waals surface area contributed by atoms with E-state index in [1.54, 1.807) is 4.57 Å². The smallest absolute Gasteiger partial charge is 0.325 e. The fourth-order valence-corrected chi connectivity index (χ4v) is 16.3. The summed E-state index contributed by atoms with van der Waals surface area (Å²) < 4.78 is 60.2. The highest BCUT2D eigenvalue weighted by atomic mass is 32.5. The number of imidazole rings is 3. The lowest BCUT2D eigenvalue weighted by Crippen LogP contribution is -2.39. The predicted molar refractivity (Wildman–Crippen MR) is 349 cm³/mol. The van der Waals surface area contributed by atoms with E-state index in [-0.39, 0.29) is 87.6 Å². The van der Waals surface area contributed by atoms with Crippen LogP contribution in [0.15, 0.2) is 38.0 Å². The number of ether oxygens (including phenoxy) is 3. The first kappa shape index (κ1) is 73.6. The molecule has 1 saturated carbocycles. The van der Waals surface area contributed by atoms with Gasteiger partial charge in [0.15, 0.2) is 53.1 Å². The number of nitrogens with zero attached hydrogens (tertiary/aromatic N) is 13. The van der Waals surface area contributed by atoms with Gasteiger partial charge in [-0.05, 0) is 97.9 Å². The number of nitrogens with two attached hydrogens (primary N) is 3. The summed E-state index contributed by atoms with van der Waals surface area (Å²) in [5.74, 6) is 0.109. The molecular formula is C48H69N17O21P4S5. The molecule has 6 aromatic rings. The van der Waals surface area contributed by atoms with Crippen molar-refractivity contribution in [3.8, 4) is 0 Å². The van der Waals surface area contributed by atoms with Crippen LogP contribution < -0.4 is 22.5 Å². The monoisotopic (exact) mass is 1500 g/mol. The Morgan fingerprint density at radius 1 is 0.642 bits per heavy atom. The molecule has 15 N–H and O–H groups in total. The highest BCUT2D eigenvalue weighted by Crippen LogP contribution is 2.54. The number of carbonyl (C=O) groups is 3. The number of carbonyl (C=O) groups excluding carboxylic acids is 3. The summed E-state index contributed by atoms with van der Waals surface area (Å²) in [6.07, 6.45) is -1.34. The van der Waals surface area contributed by atoms with E-state index >= 15 is 0 Å². The molecule has 7 unspecified atom stereocenters. The Kier molecular flexibility index (Phi) is 23.9. The van der Waals surface area contributed by atoms with Gasteiger partial charge in [-0.15, -0.1) is 0 Å². The lowest BCUT2D eigenvalue weighted by atomic mass is 9.81. The molecule has 0 spiro atoms. The molecule has 16 atom stereocenters. The standard InChI is InChI=1S/C27H40N7O8PS2.C21H29N10O13P3S3/c1-3-17-21(36)22(27(41-17)34-14-32-20-23(28)30-13-31-24(20)34)42-43(39,44)40-10-4-9-29-25(37)16-7-5-15(6-8-16)12-33-19(35)11-18(45-2)26(33)38;1-38-46(36,49)43-14-13(33)9(42-20(14)30-6-28-10-16(22)24-4-26-18(10)30)3-40-47(37,50)44-15-12(32)8(2-39-45(34,35)48)41-21(15)31-7-29-11-17(23)25-5-27-19(11)31/h13-18,21-22,27,36H,3-12H2,1-2H3,(H,29,37)(H,39,44)(H2,28,30,31);4-9,12-15,20-21,32-33H,2-3H2,1H3,(H,36,49)(H,37,50)(H2,22,24,26)(H2,23,25,27)(H2,34,35,48)/t15?,16?,17-,18?,21+,22?,27-,43?;8-,9-,12+,13+,14?,15?,20-,21-,46?,47?/m11/s1. The highest BCUT2D eigenvalue weighted by molar-refractivity contribution is 8.08. The molecule has 47 heteroatoms. The minimum atomic E-state index is -4.36. The zero-order valence-corrected chi connectivity index (χ0v) is 58.0. The Bertz CT molecular complexity index is 3950. The molecular weight excluding hydrogens is 1430 g/mol. The third-order valence-electron chi connectivity index (χ3n) is 16.1. The zero-order chi connectivity index (χ0) is 68.5. The highest BCUT2D eigenvalue weighted by Gasteiger charge is 2.53. The Morgan fingerprint density at radius 3 is 1.51 bits per heavy atom. The van der Waals surface area contributed by atoms with E-state index in [1.165, 1.54) is 57.4 Å². The molecule has 38 nitrogen and oxygen atoms in total. The number of hydrogen-bond acceptors (Lipinski definition) is 33. The second kappa shape index (κ2) is 30.8. The number of hydrogen-bond donors (Lipinski definition) is 12. The van der Waals surface area contributed by atoms with E-state index in [0.29, 0.717) is 49.9 Å². The zero-order valence-electron chi connectivity index (χ0n) is 50.4. The van der Waals surface area contributed by atoms with Crippen LogP contribution in [0.4, 0.5) is 17.5 Å². The van der Waals surface area contributed by atoms with Crippen molar-refractivity contribution < 1.29 is 100 Å². The molecule has 10 heterocycles. The molecule has 1 aliphatic carbocycles. The van der Waals surface area contributed by atoms with Crippen molar-refractivity contribution in [2.75, 3.05) is 63.5 Å². The normalized spacial score (nSPS) is 30.0. The number of rotatable bonds is 26. The number of amides is 3. The minimum absolute atomic E-state index is 0.0268. The molecule has 5 aliphatic rings. The van der Waals surface area contributed by atoms with Crippen LogP contribution in [0.5, 0.6) is 0 Å². The lowest BCUT2D eigenvalue weighted by molar-refractivity contribution is -0.139. The van der Waals surface area contributed by atoms with Crippen LogP contribution in [0.25, 0.3) is 33.5 Å². The van der Waals surface area contributed by atoms with Gasteiger partial charge in [-0.3, -0.25) is 46.6 Å². The van der Waals surface area contributed by atoms with Crippen LogP contribution in [0, 0.1) is 11.8 Å². The van der Waals surface area contributed by atoms with Gasteiger partial charge >= 0.3 is 26.9 Å². The summed E-state index contributed by atoms with van der Waals surface area (Å²) in [6.45, 7) is -14.8. The molecule has 6 aromatic heterocycles. The second-order valence-electron chi connectivity index (χ2n) is 22.2. The Labute approximate surface area is 564 Å². The van der Waals surface area contributed by atoms with E-state index in [9.17, 15) is 54.2 Å². The van der Waals surface area contributed by atoms with Crippen LogP contribution in [-0.2, 0) is 107 Å². The summed E-state index contributed by atoms with van der Waals surface area (Å²) in [5, 5.41) is 36.0. The summed E-state index contributed by atoms with van der Waals surface area (Å²) in [4.78, 5) is 127. The number of nitrogens with one attached hydrogen (secondary N) is 1. The largest absolute Gasteiger partial charge is 0.387 e. The predicted octanol–water partition coefficient (Wildman–Crippen LogP) is -0.0615. The van der Waals surface area contributed by atoms with Crippen LogP contribution in [-0.4, -0.2) is 227 Å². The second-order valence-corrected chi connectivity index (χ2v) is 34.4. The molecule has 4 aliphatic heterocycles. The third-order valence-corrected chi connectivity index (χ3v) is 22.7. The van der Waals surface area contributed by atoms with Gasteiger partial charge in [0.25, 0.3) is 0 Å². The maximum Gasteiger partial charge on any atom is 0.325 e. The van der Waals surface area contributed by atoms with E-state index in [2.05, 4.69) is 62.0 Å². The summed E-state index contributed by atoms with van der Waals surface area (Å²) in [5.41, 5.74) is 19.2. The van der Waals surface area contributed by atoms with Crippen LogP contribution in [0.2, 0.25) is 0 Å². The van der Waals surface area contributed by atoms with E-state index in [4.69, 9.17) is 98.5 Å². The van der Waals surface area contributed by atoms with Gasteiger partial charge < -0.3 is 94.6 Å². The van der Waals surface area contributed by atoms with Crippen molar-refractivity contribution in [2.45, 2.75) is 131 Å². The van der Waals surface area contributed by atoms with Gasteiger partial charge in [0.2, 0.25) is 17.7 Å². The molecule has 95 heavy (non-hydrogen) atoms. The summed E-state index contributed by atoms with van der Waals surface area (Å²) >= 11 is 21.4. The number of thioether (sulfide) groups is 1. The molecule has 5 fully saturated rings. The Morgan fingerprint density at radius 2 is 1.07 bits per heavy atom. The molecule has 522 valence electrons. The van der Waals surface area contributed by atoms with Gasteiger partial charge in [0, 0.05) is 32.5 Å². The molecule has 11 rings (SSSR count). The van der Waals surface area contributed by atoms with Gasteiger partial charge in [0.1, 0.15) is 84.4 Å².